The Morgan fingerprint density at radius 1 is 1.33 bits per heavy atom. The molecule has 1 atom stereocenters. The van der Waals surface area contributed by atoms with E-state index in [0.717, 1.165) is 30.1 Å². The predicted octanol–water partition coefficient (Wildman–Crippen LogP) is 1.10. The molecule has 1 N–H and O–H groups in total. The second kappa shape index (κ2) is 7.92. The van der Waals surface area contributed by atoms with Crippen LogP contribution < -0.4 is 5.32 Å². The van der Waals surface area contributed by atoms with Crippen LogP contribution in [0.1, 0.15) is 30.1 Å². The number of sulfone groups is 1. The summed E-state index contributed by atoms with van der Waals surface area (Å²) in [7, 11) is -3.01. The Kier molecular flexibility index (Phi) is 6.15. The fraction of sp³-hybridized carbons (Fsp3) is 0.688. The molecule has 2 heterocycles. The summed E-state index contributed by atoms with van der Waals surface area (Å²) in [6.07, 6.45) is 3.52. The van der Waals surface area contributed by atoms with Gasteiger partial charge in [-0.2, -0.15) is 0 Å². The third-order valence-electron chi connectivity index (χ3n) is 4.00. The van der Waals surface area contributed by atoms with E-state index in [4.69, 9.17) is 0 Å². The van der Waals surface area contributed by atoms with Gasteiger partial charge in [0.15, 0.2) is 0 Å². The van der Waals surface area contributed by atoms with Crippen LogP contribution in [-0.2, 0) is 16.3 Å². The lowest BCUT2D eigenvalue weighted by molar-refractivity contribution is 0.170. The Morgan fingerprint density at radius 2 is 2.00 bits per heavy atom. The number of aromatic nitrogens is 2. The number of likely N-dealkylation sites (tertiary alicyclic amines) is 1. The highest BCUT2D eigenvalue weighted by atomic mass is 32.2. The van der Waals surface area contributed by atoms with Crippen molar-refractivity contribution in [2.45, 2.75) is 33.1 Å². The zero-order valence-corrected chi connectivity index (χ0v) is 15.4. The van der Waals surface area contributed by atoms with Gasteiger partial charge in [-0.25, -0.2) is 23.2 Å². The second-order valence-corrected chi connectivity index (χ2v) is 8.78. The smallest absolute Gasteiger partial charge is 0.317 e. The zero-order valence-electron chi connectivity index (χ0n) is 14.6. The molecular weight excluding hydrogens is 328 g/mol. The lowest BCUT2D eigenvalue weighted by atomic mass is 10.0. The number of rotatable bonds is 5. The van der Waals surface area contributed by atoms with E-state index >= 15 is 0 Å². The molecule has 0 aliphatic carbocycles. The normalized spacial score (nSPS) is 18.5. The molecule has 0 aromatic carbocycles. The molecule has 1 fully saturated rings. The summed E-state index contributed by atoms with van der Waals surface area (Å²) in [6, 6.07) is 1.77. The van der Waals surface area contributed by atoms with Crippen LogP contribution in [0.5, 0.6) is 0 Å². The van der Waals surface area contributed by atoms with Gasteiger partial charge in [-0.1, -0.05) is 0 Å². The van der Waals surface area contributed by atoms with Gasteiger partial charge >= 0.3 is 6.03 Å². The summed E-state index contributed by atoms with van der Waals surface area (Å²) in [5.41, 5.74) is 1.84. The second-order valence-electron chi connectivity index (χ2n) is 6.60. The lowest BCUT2D eigenvalue weighted by Crippen LogP contribution is -2.47. The zero-order chi connectivity index (χ0) is 17.7. The molecule has 1 unspecified atom stereocenters. The average Bonchev–Trinajstić information content (AvgIpc) is 2.44. The lowest BCUT2D eigenvalue weighted by Gasteiger charge is -2.32. The van der Waals surface area contributed by atoms with Gasteiger partial charge < -0.3 is 10.2 Å². The van der Waals surface area contributed by atoms with E-state index in [-0.39, 0.29) is 17.7 Å². The van der Waals surface area contributed by atoms with Gasteiger partial charge in [0.25, 0.3) is 0 Å². The number of hydrogen-bond acceptors (Lipinski definition) is 5. The maximum atomic E-state index is 12.3. The minimum absolute atomic E-state index is 0.0299. The van der Waals surface area contributed by atoms with E-state index in [2.05, 4.69) is 15.3 Å². The van der Waals surface area contributed by atoms with Crippen LogP contribution in [0.2, 0.25) is 0 Å². The molecule has 1 saturated heterocycles. The Bertz CT molecular complexity index is 670. The number of hydrogen-bond donors (Lipinski definition) is 1. The Labute approximate surface area is 143 Å². The highest BCUT2D eigenvalue weighted by Crippen LogP contribution is 2.18. The number of aryl methyl sites for hydroxylation is 2. The van der Waals surface area contributed by atoms with Crippen molar-refractivity contribution in [3.8, 4) is 0 Å². The van der Waals surface area contributed by atoms with Crippen LogP contribution in [0.15, 0.2) is 6.07 Å². The van der Waals surface area contributed by atoms with Gasteiger partial charge in [0.2, 0.25) is 0 Å². The quantitative estimate of drug-likeness (QED) is 0.855. The number of piperidine rings is 1. The monoisotopic (exact) mass is 354 g/mol. The summed E-state index contributed by atoms with van der Waals surface area (Å²) in [5.74, 6) is 0.899. The van der Waals surface area contributed by atoms with Gasteiger partial charge in [-0.15, -0.1) is 0 Å². The van der Waals surface area contributed by atoms with Crippen molar-refractivity contribution < 1.29 is 13.2 Å². The SMILES string of the molecule is Cc1cc(C)nc(CCNC(=O)N2CCCC(CS(C)(=O)=O)C2)n1. The number of carbonyl (C=O) groups excluding carboxylic acids is 1. The van der Waals surface area contributed by atoms with Gasteiger partial charge in [0.1, 0.15) is 15.7 Å². The van der Waals surface area contributed by atoms with Gasteiger partial charge in [-0.05, 0) is 38.7 Å². The molecule has 134 valence electrons. The third-order valence-corrected chi connectivity index (χ3v) is 5.07. The van der Waals surface area contributed by atoms with Crippen molar-refractivity contribution in [1.82, 2.24) is 20.2 Å². The van der Waals surface area contributed by atoms with E-state index in [1.807, 2.05) is 19.9 Å². The van der Waals surface area contributed by atoms with E-state index in [0.29, 0.717) is 26.1 Å². The summed E-state index contributed by atoms with van der Waals surface area (Å²) in [6.45, 7) is 5.49. The van der Waals surface area contributed by atoms with Crippen molar-refractivity contribution >= 4 is 15.9 Å². The topological polar surface area (TPSA) is 92.3 Å². The summed E-state index contributed by atoms with van der Waals surface area (Å²) in [4.78, 5) is 22.7. The number of nitrogens with zero attached hydrogens (tertiary/aromatic N) is 3. The summed E-state index contributed by atoms with van der Waals surface area (Å²) >= 11 is 0. The van der Waals surface area contributed by atoms with Crippen molar-refractivity contribution in [2.75, 3.05) is 31.6 Å². The Balaban J connectivity index is 1.81. The summed E-state index contributed by atoms with van der Waals surface area (Å²) < 4.78 is 22.9. The molecule has 24 heavy (non-hydrogen) atoms. The fourth-order valence-corrected chi connectivity index (χ4v) is 4.25. The minimum atomic E-state index is -3.01. The van der Waals surface area contributed by atoms with Crippen LogP contribution in [0.25, 0.3) is 0 Å². The summed E-state index contributed by atoms with van der Waals surface area (Å²) in [5, 5.41) is 2.88. The molecule has 0 radical (unpaired) electrons. The number of urea groups is 1. The largest absolute Gasteiger partial charge is 0.338 e. The van der Waals surface area contributed by atoms with E-state index in [1.54, 1.807) is 4.90 Å². The molecule has 0 bridgehead atoms. The molecule has 0 spiro atoms. The molecule has 1 aromatic heterocycles. The Hall–Kier alpha value is -1.70. The molecule has 8 heteroatoms. The first-order valence-corrected chi connectivity index (χ1v) is 10.3. The maximum absolute atomic E-state index is 12.3. The van der Waals surface area contributed by atoms with Crippen LogP contribution in [0, 0.1) is 19.8 Å². The first kappa shape index (κ1) is 18.6. The predicted molar refractivity (Wildman–Crippen MR) is 92.6 cm³/mol. The maximum Gasteiger partial charge on any atom is 0.317 e. The van der Waals surface area contributed by atoms with Gasteiger partial charge in [0, 0.05) is 43.7 Å². The van der Waals surface area contributed by atoms with Crippen LogP contribution in [0.4, 0.5) is 4.79 Å². The van der Waals surface area contributed by atoms with E-state index < -0.39 is 9.84 Å². The van der Waals surface area contributed by atoms with Crippen molar-refractivity contribution in [3.63, 3.8) is 0 Å². The van der Waals surface area contributed by atoms with E-state index in [1.165, 1.54) is 6.26 Å². The first-order valence-electron chi connectivity index (χ1n) is 8.24. The number of amides is 2. The average molecular weight is 354 g/mol. The van der Waals surface area contributed by atoms with Crippen LogP contribution >= 0.6 is 0 Å². The van der Waals surface area contributed by atoms with E-state index in [9.17, 15) is 13.2 Å². The molecule has 2 rings (SSSR count). The third kappa shape index (κ3) is 6.07. The molecule has 1 aliphatic rings. The first-order chi connectivity index (χ1) is 11.2. The highest BCUT2D eigenvalue weighted by molar-refractivity contribution is 7.90. The molecular formula is C16H26N4O3S. The van der Waals surface area contributed by atoms with Crippen LogP contribution in [0.3, 0.4) is 0 Å². The fourth-order valence-electron chi connectivity index (χ4n) is 3.12. The molecule has 7 nitrogen and oxygen atoms in total. The van der Waals surface area contributed by atoms with Crippen molar-refractivity contribution in [2.24, 2.45) is 5.92 Å². The molecule has 1 aromatic rings. The number of nitrogens with one attached hydrogen (secondary N) is 1. The molecule has 1 aliphatic heterocycles. The number of carbonyl (C=O) groups is 1. The van der Waals surface area contributed by atoms with Gasteiger partial charge in [0.05, 0.1) is 5.75 Å². The highest BCUT2D eigenvalue weighted by Gasteiger charge is 2.25. The minimum Gasteiger partial charge on any atom is -0.338 e. The van der Waals surface area contributed by atoms with Gasteiger partial charge in [-0.3, -0.25) is 0 Å². The standard InChI is InChI=1S/C16H26N4O3S/c1-12-9-13(2)19-15(18-12)6-7-17-16(21)20-8-4-5-14(10-20)11-24(3,22)23/h9,14H,4-8,10-11H2,1-3H3,(H,17,21). The molecule has 2 amide bonds. The molecule has 0 saturated carbocycles. The Morgan fingerprint density at radius 3 is 2.62 bits per heavy atom. The van der Waals surface area contributed by atoms with Crippen LogP contribution in [-0.4, -0.2) is 61.0 Å². The van der Waals surface area contributed by atoms with Crippen molar-refractivity contribution in [1.29, 1.82) is 0 Å². The van der Waals surface area contributed by atoms with Crippen molar-refractivity contribution in [3.05, 3.63) is 23.3 Å².